The molecule has 1 fully saturated rings. The summed E-state index contributed by atoms with van der Waals surface area (Å²) in [6.45, 7) is 4.78. The number of carbonyl (C=O) groups excluding carboxylic acids is 1. The Balaban J connectivity index is 1.37. The Kier molecular flexibility index (Phi) is 7.57. The molecule has 0 spiro atoms. The molecular weight excluding hydrogens is 534 g/mol. The van der Waals surface area contributed by atoms with Crippen molar-refractivity contribution in [2.24, 2.45) is 0 Å². The zero-order chi connectivity index (χ0) is 28.5. The minimum Gasteiger partial charge on any atom is -0.379 e. The van der Waals surface area contributed by atoms with E-state index < -0.39 is 40.8 Å². The molecule has 3 aromatic rings. The average molecular weight is 558 g/mol. The van der Waals surface area contributed by atoms with Crippen molar-refractivity contribution in [2.75, 3.05) is 36.4 Å². The lowest BCUT2D eigenvalue weighted by atomic mass is 10.2. The third-order valence-electron chi connectivity index (χ3n) is 6.15. The van der Waals surface area contributed by atoms with E-state index in [1.165, 1.54) is 0 Å². The third-order valence-corrected chi connectivity index (χ3v) is 6.15. The van der Waals surface area contributed by atoms with Crippen LogP contribution in [0.3, 0.4) is 0 Å². The van der Waals surface area contributed by atoms with E-state index in [4.69, 9.17) is 0 Å². The van der Waals surface area contributed by atoms with Crippen LogP contribution in [0.25, 0.3) is 0 Å². The molecule has 0 aromatic carbocycles. The van der Waals surface area contributed by atoms with Crippen LogP contribution in [0.15, 0.2) is 35.8 Å². The molecule has 0 radical (unpaired) electrons. The zero-order valence-electron chi connectivity index (χ0n) is 20.8. The number of aromatic nitrogens is 5. The lowest BCUT2D eigenvalue weighted by molar-refractivity contribution is -0.139. The van der Waals surface area contributed by atoms with Gasteiger partial charge in [-0.2, -0.15) is 31.4 Å². The molecule has 0 aliphatic carbocycles. The highest BCUT2D eigenvalue weighted by Crippen LogP contribution is 2.32. The summed E-state index contributed by atoms with van der Waals surface area (Å²) in [5, 5.41) is 7.88. The number of anilines is 2. The minimum atomic E-state index is -4.87. The number of amides is 1. The second kappa shape index (κ2) is 10.6. The first kappa shape index (κ1) is 27.9. The van der Waals surface area contributed by atoms with Gasteiger partial charge in [-0.15, -0.1) is 0 Å². The molecule has 16 heteroatoms. The lowest BCUT2D eigenvalue weighted by Gasteiger charge is -2.34. The number of aryl methyl sites for hydroxylation is 1. The third kappa shape index (κ3) is 6.31. The van der Waals surface area contributed by atoms with Gasteiger partial charge in [-0.3, -0.25) is 9.59 Å². The zero-order valence-corrected chi connectivity index (χ0v) is 20.8. The highest BCUT2D eigenvalue weighted by atomic mass is 19.4. The Bertz CT molecular complexity index is 1370. The van der Waals surface area contributed by atoms with Gasteiger partial charge in [0.05, 0.1) is 23.0 Å². The molecule has 0 unspecified atom stereocenters. The molecule has 10 nitrogen and oxygen atoms in total. The Morgan fingerprint density at radius 3 is 2.26 bits per heavy atom. The summed E-state index contributed by atoms with van der Waals surface area (Å²) in [7, 11) is 0. The molecule has 210 valence electrons. The molecule has 3 aromatic heterocycles. The summed E-state index contributed by atoms with van der Waals surface area (Å²) >= 11 is 0. The molecule has 0 saturated carbocycles. The topological polar surface area (TPSA) is 112 Å². The molecule has 0 bridgehead atoms. The van der Waals surface area contributed by atoms with E-state index in [-0.39, 0.29) is 18.4 Å². The molecule has 2 N–H and O–H groups in total. The first-order chi connectivity index (χ1) is 18.2. The van der Waals surface area contributed by atoms with Gasteiger partial charge in [-0.1, -0.05) is 0 Å². The Hall–Kier alpha value is -4.11. The van der Waals surface area contributed by atoms with Gasteiger partial charge in [-0.25, -0.2) is 15.1 Å². The number of H-pyrrole nitrogens is 1. The fraction of sp³-hybridized carbons (Fsp3) is 0.435. The first-order valence-corrected chi connectivity index (χ1v) is 11.7. The maximum atomic E-state index is 13.3. The van der Waals surface area contributed by atoms with Crippen molar-refractivity contribution >= 4 is 17.5 Å². The van der Waals surface area contributed by atoms with E-state index in [1.54, 1.807) is 45.7 Å². The largest absolute Gasteiger partial charge is 0.423 e. The number of halogens is 6. The summed E-state index contributed by atoms with van der Waals surface area (Å²) in [6, 6.07) is -0.559. The molecule has 1 aliphatic rings. The highest BCUT2D eigenvalue weighted by molar-refractivity contribution is 5.95. The van der Waals surface area contributed by atoms with Crippen LogP contribution in [0.5, 0.6) is 0 Å². The number of aromatic amines is 1. The van der Waals surface area contributed by atoms with Crippen molar-refractivity contribution in [1.82, 2.24) is 29.6 Å². The molecular formula is C23H24F6N8O2. The fourth-order valence-corrected chi connectivity index (χ4v) is 4.28. The predicted molar refractivity (Wildman–Crippen MR) is 127 cm³/mol. The number of rotatable bonds is 6. The van der Waals surface area contributed by atoms with Crippen molar-refractivity contribution in [3.8, 4) is 0 Å². The van der Waals surface area contributed by atoms with Gasteiger partial charge in [0.25, 0.3) is 11.5 Å². The van der Waals surface area contributed by atoms with Gasteiger partial charge in [0.1, 0.15) is 5.56 Å². The van der Waals surface area contributed by atoms with Crippen LogP contribution in [-0.4, -0.2) is 67.8 Å². The number of hydrogen-bond acceptors (Lipinski definition) is 7. The van der Waals surface area contributed by atoms with Crippen LogP contribution in [0.2, 0.25) is 0 Å². The van der Waals surface area contributed by atoms with E-state index >= 15 is 0 Å². The second-order valence-electron chi connectivity index (χ2n) is 9.13. The second-order valence-corrected chi connectivity index (χ2v) is 9.13. The van der Waals surface area contributed by atoms with E-state index in [1.807, 2.05) is 0 Å². The van der Waals surface area contributed by atoms with E-state index in [0.717, 1.165) is 18.6 Å². The van der Waals surface area contributed by atoms with Gasteiger partial charge in [0.15, 0.2) is 0 Å². The first-order valence-electron chi connectivity index (χ1n) is 11.7. The Morgan fingerprint density at radius 2 is 1.67 bits per heavy atom. The van der Waals surface area contributed by atoms with Gasteiger partial charge in [0, 0.05) is 63.6 Å². The van der Waals surface area contributed by atoms with Crippen molar-refractivity contribution in [3.05, 3.63) is 63.6 Å². The molecule has 1 saturated heterocycles. The van der Waals surface area contributed by atoms with Crippen LogP contribution in [0, 0.1) is 6.92 Å². The van der Waals surface area contributed by atoms with Crippen molar-refractivity contribution < 1.29 is 31.1 Å². The average Bonchev–Trinajstić information content (AvgIpc) is 3.22. The lowest BCUT2D eigenvalue weighted by Crippen LogP contribution is -2.49. The molecule has 1 amide bonds. The number of piperazine rings is 1. The molecule has 1 aliphatic heterocycles. The molecule has 4 rings (SSSR count). The molecule has 1 atom stereocenters. The van der Waals surface area contributed by atoms with Crippen LogP contribution >= 0.6 is 0 Å². The van der Waals surface area contributed by atoms with E-state index in [0.29, 0.717) is 37.3 Å². The van der Waals surface area contributed by atoms with Crippen molar-refractivity contribution in [2.45, 2.75) is 38.8 Å². The normalized spacial score (nSPS) is 15.4. The molecule has 4 heterocycles. The van der Waals surface area contributed by atoms with Crippen molar-refractivity contribution in [1.29, 1.82) is 0 Å². The van der Waals surface area contributed by atoms with Gasteiger partial charge in [0.2, 0.25) is 5.95 Å². The predicted octanol–water partition coefficient (Wildman–Crippen LogP) is 3.17. The smallest absolute Gasteiger partial charge is 0.379 e. The van der Waals surface area contributed by atoms with Crippen LogP contribution in [-0.2, 0) is 18.9 Å². The van der Waals surface area contributed by atoms with Crippen LogP contribution < -0.4 is 15.8 Å². The number of alkyl halides is 6. The number of nitrogens with one attached hydrogen (secondary N) is 2. The van der Waals surface area contributed by atoms with E-state index in [2.05, 4.69) is 20.4 Å². The highest BCUT2D eigenvalue weighted by Gasteiger charge is 2.37. The minimum absolute atomic E-state index is 0.142. The Morgan fingerprint density at radius 1 is 1.03 bits per heavy atom. The summed E-state index contributed by atoms with van der Waals surface area (Å²) in [5.74, 6) is -0.110. The van der Waals surface area contributed by atoms with Crippen LogP contribution in [0.4, 0.5) is 38.0 Å². The SMILES string of the molecule is Cc1cn(C[C@H](C)Nc2cn[nH]c(=O)c2C(F)(F)F)cc1C(=O)N1CCN(c2ncc(C(F)(F)F)cn2)CC1. The monoisotopic (exact) mass is 558 g/mol. The van der Waals surface area contributed by atoms with Gasteiger partial charge < -0.3 is 19.7 Å². The standard InChI is InChI=1S/C23H24F6N8O2/c1-13-10-35(11-14(2)33-17-9-32-34-19(38)18(17)23(27,28)29)12-16(13)20(39)36-3-5-37(6-4-36)21-30-7-15(8-31-21)22(24,25)26/h7-10,12,14H,3-6,11H2,1-2H3,(H2,33,34,38)/t14-/m0/s1. The van der Waals surface area contributed by atoms with E-state index in [9.17, 15) is 35.9 Å². The maximum absolute atomic E-state index is 13.3. The Labute approximate surface area is 217 Å². The van der Waals surface area contributed by atoms with Gasteiger partial charge in [-0.05, 0) is 19.4 Å². The van der Waals surface area contributed by atoms with Crippen LogP contribution in [0.1, 0.15) is 34.0 Å². The quantitative estimate of drug-likeness (QED) is 0.447. The van der Waals surface area contributed by atoms with Crippen molar-refractivity contribution in [3.63, 3.8) is 0 Å². The maximum Gasteiger partial charge on any atom is 0.423 e. The van der Waals surface area contributed by atoms with Gasteiger partial charge >= 0.3 is 12.4 Å². The summed E-state index contributed by atoms with van der Waals surface area (Å²) in [6.07, 6.45) is -3.77. The molecule has 39 heavy (non-hydrogen) atoms. The number of nitrogens with zero attached hydrogens (tertiary/aromatic N) is 6. The number of hydrogen-bond donors (Lipinski definition) is 2. The number of carbonyl (C=O) groups is 1. The summed E-state index contributed by atoms with van der Waals surface area (Å²) < 4.78 is 79.8. The fourth-order valence-electron chi connectivity index (χ4n) is 4.28. The summed E-state index contributed by atoms with van der Waals surface area (Å²) in [4.78, 5) is 35.7. The summed E-state index contributed by atoms with van der Waals surface area (Å²) in [5.41, 5.74) is -3.04.